The van der Waals surface area contributed by atoms with Gasteiger partial charge in [-0.25, -0.2) is 4.79 Å². The number of Topliss-reactive ketones (excluding diaryl/α,β-unsaturated/α-hetero) is 1. The largest absolute Gasteiger partial charge is 0.465 e. The molecule has 0 aliphatic heterocycles. The molecule has 15 heavy (non-hydrogen) atoms. The minimum absolute atomic E-state index is 0.179. The van der Waals surface area contributed by atoms with Crippen LogP contribution < -0.4 is 5.32 Å². The van der Waals surface area contributed by atoms with Gasteiger partial charge in [-0.1, -0.05) is 30.3 Å². The van der Waals surface area contributed by atoms with Gasteiger partial charge in [0.15, 0.2) is 5.78 Å². The Morgan fingerprint density at radius 1 is 1.33 bits per heavy atom. The molecule has 0 saturated heterocycles. The van der Waals surface area contributed by atoms with Gasteiger partial charge < -0.3 is 10.4 Å². The maximum atomic E-state index is 11.2. The first-order chi connectivity index (χ1) is 7.09. The molecule has 0 aliphatic rings. The fourth-order valence-corrected chi connectivity index (χ4v) is 1.30. The third kappa shape index (κ3) is 3.81. The number of hydrogen-bond acceptors (Lipinski definition) is 2. The van der Waals surface area contributed by atoms with Crippen LogP contribution in [0.1, 0.15) is 12.5 Å². The van der Waals surface area contributed by atoms with Gasteiger partial charge in [-0.15, -0.1) is 0 Å². The highest BCUT2D eigenvalue weighted by Crippen LogP contribution is 2.03. The molecule has 1 atom stereocenters. The first kappa shape index (κ1) is 11.2. The zero-order valence-corrected chi connectivity index (χ0v) is 8.43. The summed E-state index contributed by atoms with van der Waals surface area (Å²) in [7, 11) is 0. The van der Waals surface area contributed by atoms with E-state index in [-0.39, 0.29) is 5.78 Å². The molecular weight excluding hydrogens is 194 g/mol. The van der Waals surface area contributed by atoms with Crippen molar-refractivity contribution in [2.45, 2.75) is 19.4 Å². The van der Waals surface area contributed by atoms with Crippen molar-refractivity contribution in [3.8, 4) is 0 Å². The summed E-state index contributed by atoms with van der Waals surface area (Å²) >= 11 is 0. The molecule has 1 rings (SSSR count). The van der Waals surface area contributed by atoms with Crippen LogP contribution in [0.5, 0.6) is 0 Å². The Kier molecular flexibility index (Phi) is 3.85. The van der Waals surface area contributed by atoms with Gasteiger partial charge in [-0.2, -0.15) is 0 Å². The van der Waals surface area contributed by atoms with Crippen molar-refractivity contribution in [1.82, 2.24) is 5.32 Å². The molecule has 0 aliphatic carbocycles. The van der Waals surface area contributed by atoms with Crippen molar-refractivity contribution in [2.75, 3.05) is 0 Å². The first-order valence-electron chi connectivity index (χ1n) is 4.63. The van der Waals surface area contributed by atoms with Crippen LogP contribution >= 0.6 is 0 Å². The summed E-state index contributed by atoms with van der Waals surface area (Å²) in [5.74, 6) is -0.179. The highest BCUT2D eigenvalue weighted by molar-refractivity contribution is 5.85. The maximum Gasteiger partial charge on any atom is 0.405 e. The third-order valence-corrected chi connectivity index (χ3v) is 2.07. The third-order valence-electron chi connectivity index (χ3n) is 2.07. The Balaban J connectivity index is 2.67. The lowest BCUT2D eigenvalue weighted by atomic mass is 10.0. The second-order valence-corrected chi connectivity index (χ2v) is 3.30. The van der Waals surface area contributed by atoms with E-state index < -0.39 is 12.1 Å². The Bertz CT molecular complexity index is 348. The molecule has 4 nitrogen and oxygen atoms in total. The number of carboxylic acid groups (broad SMARTS) is 1. The molecule has 0 saturated carbocycles. The smallest absolute Gasteiger partial charge is 0.405 e. The predicted octanol–water partition coefficient (Wildman–Crippen LogP) is 1.45. The number of rotatable bonds is 4. The molecule has 2 N–H and O–H groups in total. The van der Waals surface area contributed by atoms with Gasteiger partial charge in [0.25, 0.3) is 0 Å². The van der Waals surface area contributed by atoms with Crippen LogP contribution in [0.25, 0.3) is 0 Å². The molecule has 1 aromatic carbocycles. The monoisotopic (exact) mass is 207 g/mol. The lowest BCUT2D eigenvalue weighted by Crippen LogP contribution is -2.40. The van der Waals surface area contributed by atoms with Gasteiger partial charge in [0, 0.05) is 0 Å². The zero-order valence-electron chi connectivity index (χ0n) is 8.43. The molecule has 0 aromatic heterocycles. The average molecular weight is 207 g/mol. The van der Waals surface area contributed by atoms with Crippen molar-refractivity contribution in [3.63, 3.8) is 0 Å². The van der Waals surface area contributed by atoms with Crippen LogP contribution in [0, 0.1) is 0 Å². The predicted molar refractivity (Wildman–Crippen MR) is 55.8 cm³/mol. The summed E-state index contributed by atoms with van der Waals surface area (Å²) in [6, 6.07) is 8.64. The molecule has 1 amide bonds. The number of benzene rings is 1. The fraction of sp³-hybridized carbons (Fsp3) is 0.273. The quantitative estimate of drug-likeness (QED) is 0.785. The molecule has 0 fully saturated rings. The second-order valence-electron chi connectivity index (χ2n) is 3.30. The molecule has 0 radical (unpaired) electrons. The minimum Gasteiger partial charge on any atom is -0.465 e. The van der Waals surface area contributed by atoms with Crippen LogP contribution in [-0.4, -0.2) is 23.0 Å². The molecule has 0 heterocycles. The topological polar surface area (TPSA) is 66.4 Å². The Morgan fingerprint density at radius 3 is 2.40 bits per heavy atom. The molecule has 0 unspecified atom stereocenters. The van der Waals surface area contributed by atoms with Crippen molar-refractivity contribution in [1.29, 1.82) is 0 Å². The van der Waals surface area contributed by atoms with Crippen LogP contribution in [0.3, 0.4) is 0 Å². The van der Waals surface area contributed by atoms with Gasteiger partial charge in [-0.3, -0.25) is 4.79 Å². The second kappa shape index (κ2) is 5.14. The molecule has 0 spiro atoms. The van der Waals surface area contributed by atoms with E-state index in [0.717, 1.165) is 5.56 Å². The Morgan fingerprint density at radius 2 is 1.93 bits per heavy atom. The summed E-state index contributed by atoms with van der Waals surface area (Å²) in [6.07, 6.45) is -0.784. The van der Waals surface area contributed by atoms with E-state index in [2.05, 4.69) is 5.32 Å². The van der Waals surface area contributed by atoms with Gasteiger partial charge >= 0.3 is 6.09 Å². The van der Waals surface area contributed by atoms with E-state index in [9.17, 15) is 9.59 Å². The average Bonchev–Trinajstić information content (AvgIpc) is 2.17. The highest BCUT2D eigenvalue weighted by Gasteiger charge is 2.16. The fourth-order valence-electron chi connectivity index (χ4n) is 1.30. The van der Waals surface area contributed by atoms with Crippen LogP contribution in [-0.2, 0) is 11.2 Å². The van der Waals surface area contributed by atoms with Crippen molar-refractivity contribution < 1.29 is 14.7 Å². The standard InChI is InChI=1S/C11H13NO3/c1-8(13)10(12-11(14)15)7-9-5-3-2-4-6-9/h2-6,10,12H,7H2,1H3,(H,14,15)/t10-/m0/s1. The van der Waals surface area contributed by atoms with Gasteiger partial charge in [0.2, 0.25) is 0 Å². The van der Waals surface area contributed by atoms with Crippen LogP contribution in [0.2, 0.25) is 0 Å². The molecule has 0 bridgehead atoms. The molecular formula is C11H13NO3. The van der Waals surface area contributed by atoms with Gasteiger partial charge in [0.05, 0.1) is 6.04 Å². The van der Waals surface area contributed by atoms with E-state index in [1.165, 1.54) is 6.92 Å². The number of nitrogens with one attached hydrogen (secondary N) is 1. The Labute approximate surface area is 87.9 Å². The van der Waals surface area contributed by atoms with Gasteiger partial charge in [-0.05, 0) is 18.9 Å². The number of carbonyl (C=O) groups is 2. The van der Waals surface area contributed by atoms with E-state index in [4.69, 9.17) is 5.11 Å². The normalized spacial score (nSPS) is 11.8. The van der Waals surface area contributed by atoms with E-state index in [1.807, 2.05) is 30.3 Å². The van der Waals surface area contributed by atoms with Crippen molar-refractivity contribution in [3.05, 3.63) is 35.9 Å². The number of hydrogen-bond donors (Lipinski definition) is 2. The van der Waals surface area contributed by atoms with E-state index in [0.29, 0.717) is 6.42 Å². The van der Waals surface area contributed by atoms with Crippen LogP contribution in [0.4, 0.5) is 4.79 Å². The molecule has 1 aromatic rings. The number of ketones is 1. The van der Waals surface area contributed by atoms with E-state index in [1.54, 1.807) is 0 Å². The highest BCUT2D eigenvalue weighted by atomic mass is 16.4. The van der Waals surface area contributed by atoms with Gasteiger partial charge in [0.1, 0.15) is 0 Å². The minimum atomic E-state index is -1.17. The maximum absolute atomic E-state index is 11.2. The lowest BCUT2D eigenvalue weighted by Gasteiger charge is -2.13. The van der Waals surface area contributed by atoms with E-state index >= 15 is 0 Å². The Hall–Kier alpha value is -1.84. The first-order valence-corrected chi connectivity index (χ1v) is 4.63. The summed E-state index contributed by atoms with van der Waals surface area (Å²) in [6.45, 7) is 1.38. The summed E-state index contributed by atoms with van der Waals surface area (Å²) < 4.78 is 0. The summed E-state index contributed by atoms with van der Waals surface area (Å²) in [5, 5.41) is 10.7. The molecule has 80 valence electrons. The number of amides is 1. The zero-order chi connectivity index (χ0) is 11.3. The summed E-state index contributed by atoms with van der Waals surface area (Å²) in [4.78, 5) is 21.6. The SMILES string of the molecule is CC(=O)[C@H](Cc1ccccc1)NC(=O)O. The lowest BCUT2D eigenvalue weighted by molar-refractivity contribution is -0.118. The molecule has 4 heteroatoms. The van der Waals surface area contributed by atoms with Crippen molar-refractivity contribution >= 4 is 11.9 Å². The summed E-state index contributed by atoms with van der Waals surface area (Å²) in [5.41, 5.74) is 0.937. The number of carbonyl (C=O) groups excluding carboxylic acids is 1. The van der Waals surface area contributed by atoms with Crippen molar-refractivity contribution in [2.24, 2.45) is 0 Å². The van der Waals surface area contributed by atoms with Crippen LogP contribution in [0.15, 0.2) is 30.3 Å².